The molecule has 0 bridgehead atoms. The number of thiophene rings is 1. The third-order valence-corrected chi connectivity index (χ3v) is 2.69. The topological polar surface area (TPSA) is 38.3 Å². The van der Waals surface area contributed by atoms with Crippen LogP contribution in [-0.4, -0.2) is 32.6 Å². The molecule has 14 heavy (non-hydrogen) atoms. The summed E-state index contributed by atoms with van der Waals surface area (Å²) in [5, 5.41) is 5.00. The molecule has 0 aliphatic heterocycles. The Bertz CT molecular complexity index is 259. The lowest BCUT2D eigenvalue weighted by Crippen LogP contribution is -2.24. The molecule has 0 amide bonds. The predicted octanol–water partition coefficient (Wildman–Crippen LogP) is 1.56. The lowest BCUT2D eigenvalue weighted by molar-refractivity contribution is 0.0993. The molecule has 0 saturated heterocycles. The van der Waals surface area contributed by atoms with Crippen LogP contribution in [0.15, 0.2) is 17.5 Å². The Labute approximate surface area is 88.1 Å². The minimum Gasteiger partial charge on any atom is -0.385 e. The first-order valence-corrected chi connectivity index (χ1v) is 5.49. The van der Waals surface area contributed by atoms with Crippen LogP contribution in [0.25, 0.3) is 0 Å². The minimum absolute atomic E-state index is 0.164. The molecule has 78 valence electrons. The predicted molar refractivity (Wildman–Crippen MR) is 58.0 cm³/mol. The van der Waals surface area contributed by atoms with Gasteiger partial charge in [0.2, 0.25) is 0 Å². The quantitative estimate of drug-likeness (QED) is 0.552. The number of nitrogens with one attached hydrogen (secondary N) is 1. The van der Waals surface area contributed by atoms with Gasteiger partial charge in [-0.25, -0.2) is 0 Å². The van der Waals surface area contributed by atoms with Gasteiger partial charge in [0.05, 0.1) is 11.4 Å². The molecule has 4 heteroatoms. The van der Waals surface area contributed by atoms with Gasteiger partial charge >= 0.3 is 0 Å². The molecule has 0 fully saturated rings. The van der Waals surface area contributed by atoms with Gasteiger partial charge in [0, 0.05) is 13.7 Å². The highest BCUT2D eigenvalue weighted by molar-refractivity contribution is 7.12. The van der Waals surface area contributed by atoms with Crippen LogP contribution in [0.3, 0.4) is 0 Å². The van der Waals surface area contributed by atoms with E-state index < -0.39 is 0 Å². The van der Waals surface area contributed by atoms with Gasteiger partial charge in [-0.15, -0.1) is 11.3 Å². The van der Waals surface area contributed by atoms with Crippen molar-refractivity contribution in [2.24, 2.45) is 0 Å². The minimum atomic E-state index is 0.164. The average Bonchev–Trinajstić information content (AvgIpc) is 2.70. The Morgan fingerprint density at radius 3 is 3.14 bits per heavy atom. The molecule has 1 rings (SSSR count). The number of rotatable bonds is 7. The van der Waals surface area contributed by atoms with Crippen molar-refractivity contribution in [3.63, 3.8) is 0 Å². The fourth-order valence-electron chi connectivity index (χ4n) is 1.07. The average molecular weight is 213 g/mol. The summed E-state index contributed by atoms with van der Waals surface area (Å²) in [4.78, 5) is 12.3. The van der Waals surface area contributed by atoms with E-state index in [0.717, 1.165) is 24.4 Å². The fourth-order valence-corrected chi connectivity index (χ4v) is 1.73. The van der Waals surface area contributed by atoms with Crippen molar-refractivity contribution in [3.05, 3.63) is 22.4 Å². The summed E-state index contributed by atoms with van der Waals surface area (Å²) in [6.45, 7) is 1.98. The van der Waals surface area contributed by atoms with Gasteiger partial charge < -0.3 is 10.1 Å². The molecule has 0 aliphatic carbocycles. The summed E-state index contributed by atoms with van der Waals surface area (Å²) in [6.07, 6.45) is 0.939. The first-order valence-electron chi connectivity index (χ1n) is 4.61. The van der Waals surface area contributed by atoms with E-state index in [0.29, 0.717) is 6.54 Å². The number of hydrogen-bond donors (Lipinski definition) is 1. The highest BCUT2D eigenvalue weighted by atomic mass is 32.1. The fraction of sp³-hybridized carbons (Fsp3) is 0.500. The molecule has 0 radical (unpaired) electrons. The smallest absolute Gasteiger partial charge is 0.186 e. The Morgan fingerprint density at radius 1 is 1.64 bits per heavy atom. The molecule has 1 aromatic heterocycles. The van der Waals surface area contributed by atoms with E-state index in [4.69, 9.17) is 4.74 Å². The Morgan fingerprint density at radius 2 is 2.50 bits per heavy atom. The monoisotopic (exact) mass is 213 g/mol. The Hall–Kier alpha value is -0.710. The first-order chi connectivity index (χ1) is 6.84. The lowest BCUT2D eigenvalue weighted by atomic mass is 10.3. The number of hydrogen-bond acceptors (Lipinski definition) is 4. The summed E-state index contributed by atoms with van der Waals surface area (Å²) in [6, 6.07) is 3.74. The number of ether oxygens (including phenoxy) is 1. The second-order valence-electron chi connectivity index (χ2n) is 2.92. The van der Waals surface area contributed by atoms with Gasteiger partial charge in [-0.3, -0.25) is 4.79 Å². The van der Waals surface area contributed by atoms with Gasteiger partial charge in [0.25, 0.3) is 0 Å². The number of Topliss-reactive ketones (excluding diaryl/α,β-unsaturated/α-hetero) is 1. The Kier molecular flexibility index (Phi) is 5.44. The van der Waals surface area contributed by atoms with E-state index >= 15 is 0 Å². The summed E-state index contributed by atoms with van der Waals surface area (Å²) in [5.41, 5.74) is 0. The van der Waals surface area contributed by atoms with Crippen LogP contribution >= 0.6 is 11.3 Å². The summed E-state index contributed by atoms with van der Waals surface area (Å²) < 4.78 is 4.90. The van der Waals surface area contributed by atoms with Gasteiger partial charge in [-0.05, 0) is 24.4 Å². The Balaban J connectivity index is 2.10. The lowest BCUT2D eigenvalue weighted by Gasteiger charge is -2.01. The van der Waals surface area contributed by atoms with Crippen molar-refractivity contribution < 1.29 is 9.53 Å². The van der Waals surface area contributed by atoms with Crippen LogP contribution in [0.2, 0.25) is 0 Å². The third-order valence-electron chi connectivity index (χ3n) is 1.78. The second-order valence-corrected chi connectivity index (χ2v) is 3.87. The third kappa shape index (κ3) is 4.00. The zero-order valence-corrected chi connectivity index (χ0v) is 9.10. The van der Waals surface area contributed by atoms with Gasteiger partial charge in [-0.1, -0.05) is 6.07 Å². The number of carbonyl (C=O) groups is 1. The van der Waals surface area contributed by atoms with E-state index in [1.165, 1.54) is 11.3 Å². The van der Waals surface area contributed by atoms with Crippen molar-refractivity contribution in [2.45, 2.75) is 6.42 Å². The molecule has 1 aromatic rings. The highest BCUT2D eigenvalue weighted by Crippen LogP contribution is 2.08. The standard InChI is InChI=1S/C10H15NO2S/c1-13-6-3-5-11-8-9(12)10-4-2-7-14-10/h2,4,7,11H,3,5-6,8H2,1H3. The van der Waals surface area contributed by atoms with Crippen molar-refractivity contribution >= 4 is 17.1 Å². The van der Waals surface area contributed by atoms with E-state index in [9.17, 15) is 4.79 Å². The molecule has 1 heterocycles. The van der Waals surface area contributed by atoms with E-state index in [2.05, 4.69) is 5.32 Å². The molecule has 0 unspecified atom stereocenters. The SMILES string of the molecule is COCCCNCC(=O)c1cccs1. The van der Waals surface area contributed by atoms with Crippen LogP contribution in [0.4, 0.5) is 0 Å². The van der Waals surface area contributed by atoms with Crippen molar-refractivity contribution in [1.29, 1.82) is 0 Å². The van der Waals surface area contributed by atoms with Crippen molar-refractivity contribution in [1.82, 2.24) is 5.32 Å². The highest BCUT2D eigenvalue weighted by Gasteiger charge is 2.04. The van der Waals surface area contributed by atoms with Crippen LogP contribution in [0.5, 0.6) is 0 Å². The van der Waals surface area contributed by atoms with Crippen LogP contribution < -0.4 is 5.32 Å². The van der Waals surface area contributed by atoms with Crippen molar-refractivity contribution in [2.75, 3.05) is 26.8 Å². The van der Waals surface area contributed by atoms with E-state index in [1.807, 2.05) is 17.5 Å². The van der Waals surface area contributed by atoms with Crippen LogP contribution in [0, 0.1) is 0 Å². The zero-order valence-electron chi connectivity index (χ0n) is 8.29. The van der Waals surface area contributed by atoms with Crippen LogP contribution in [-0.2, 0) is 4.74 Å². The normalized spacial score (nSPS) is 10.4. The number of methoxy groups -OCH3 is 1. The van der Waals surface area contributed by atoms with Gasteiger partial charge in [0.15, 0.2) is 5.78 Å². The zero-order chi connectivity index (χ0) is 10.2. The molecule has 0 saturated carbocycles. The maximum Gasteiger partial charge on any atom is 0.186 e. The van der Waals surface area contributed by atoms with Gasteiger partial charge in [0.1, 0.15) is 0 Å². The van der Waals surface area contributed by atoms with E-state index in [-0.39, 0.29) is 5.78 Å². The molecule has 0 spiro atoms. The molecule has 0 aromatic carbocycles. The van der Waals surface area contributed by atoms with Gasteiger partial charge in [-0.2, -0.15) is 0 Å². The summed E-state index contributed by atoms with van der Waals surface area (Å²) >= 11 is 1.49. The molecule has 0 aliphatic rings. The maximum atomic E-state index is 11.5. The number of carbonyl (C=O) groups excluding carboxylic acids is 1. The second kappa shape index (κ2) is 6.70. The van der Waals surface area contributed by atoms with E-state index in [1.54, 1.807) is 7.11 Å². The summed E-state index contributed by atoms with van der Waals surface area (Å²) in [5.74, 6) is 0.164. The molecule has 3 nitrogen and oxygen atoms in total. The maximum absolute atomic E-state index is 11.5. The number of ketones is 1. The summed E-state index contributed by atoms with van der Waals surface area (Å²) in [7, 11) is 1.68. The molecular weight excluding hydrogens is 198 g/mol. The largest absolute Gasteiger partial charge is 0.385 e. The molecule has 1 N–H and O–H groups in total. The molecule has 0 atom stereocenters. The molecular formula is C10H15NO2S. The first kappa shape index (κ1) is 11.4. The van der Waals surface area contributed by atoms with Crippen LogP contribution in [0.1, 0.15) is 16.1 Å². The van der Waals surface area contributed by atoms with Crippen molar-refractivity contribution in [3.8, 4) is 0 Å².